The summed E-state index contributed by atoms with van der Waals surface area (Å²) in [5, 5.41) is 12.1. The van der Waals surface area contributed by atoms with Crippen LogP contribution in [-0.4, -0.2) is 17.6 Å². The van der Waals surface area contributed by atoms with Crippen LogP contribution in [0.4, 0.5) is 5.69 Å². The van der Waals surface area contributed by atoms with Crippen molar-refractivity contribution in [2.45, 2.75) is 6.42 Å². The molecule has 0 fully saturated rings. The monoisotopic (exact) mass is 241 g/mol. The van der Waals surface area contributed by atoms with Crippen LogP contribution in [0.2, 0.25) is 0 Å². The van der Waals surface area contributed by atoms with Crippen LogP contribution in [-0.2, 0) is 6.42 Å². The van der Waals surface area contributed by atoms with Crippen molar-refractivity contribution in [3.8, 4) is 0 Å². The second kappa shape index (κ2) is 3.03. The molecule has 2 N–H and O–H groups in total. The third-order valence-electron chi connectivity index (χ3n) is 2.17. The van der Waals surface area contributed by atoms with Crippen molar-refractivity contribution in [2.75, 3.05) is 11.9 Å². The minimum atomic E-state index is -0.854. The van der Waals surface area contributed by atoms with Gasteiger partial charge in [-0.1, -0.05) is 0 Å². The number of carboxylic acids is 1. The molecule has 0 aromatic heterocycles. The first-order valence-electron chi connectivity index (χ1n) is 3.98. The van der Waals surface area contributed by atoms with E-state index in [0.717, 1.165) is 28.7 Å². The molecule has 1 aliphatic rings. The molecule has 68 valence electrons. The maximum atomic E-state index is 10.8. The molecule has 1 aliphatic heterocycles. The van der Waals surface area contributed by atoms with E-state index in [1.807, 2.05) is 0 Å². The highest BCUT2D eigenvalue weighted by Crippen LogP contribution is 2.33. The standard InChI is InChI=1S/C9H8BrNO2/c10-7-2-1-6(9(12)13)5-3-4-11-8(5)7/h1-2,11H,3-4H2,(H,12,13). The van der Waals surface area contributed by atoms with Gasteiger partial charge in [0.2, 0.25) is 0 Å². The third kappa shape index (κ3) is 1.31. The molecule has 0 amide bonds. The molecule has 0 atom stereocenters. The molecule has 1 aromatic carbocycles. The summed E-state index contributed by atoms with van der Waals surface area (Å²) in [6, 6.07) is 3.40. The second-order valence-corrected chi connectivity index (χ2v) is 3.78. The zero-order valence-electron chi connectivity index (χ0n) is 6.80. The van der Waals surface area contributed by atoms with Gasteiger partial charge in [0.05, 0.1) is 11.3 Å². The summed E-state index contributed by atoms with van der Waals surface area (Å²) in [5.74, 6) is -0.854. The topological polar surface area (TPSA) is 49.3 Å². The first kappa shape index (κ1) is 8.56. The Balaban J connectivity index is 2.62. The first-order valence-corrected chi connectivity index (χ1v) is 4.78. The molecule has 0 bridgehead atoms. The van der Waals surface area contributed by atoms with Gasteiger partial charge in [0.15, 0.2) is 0 Å². The summed E-state index contributed by atoms with van der Waals surface area (Å²) in [6.07, 6.45) is 0.788. The van der Waals surface area contributed by atoms with Crippen LogP contribution >= 0.6 is 15.9 Å². The van der Waals surface area contributed by atoms with E-state index in [1.54, 1.807) is 12.1 Å². The first-order chi connectivity index (χ1) is 6.20. The molecule has 1 aromatic rings. The summed E-state index contributed by atoms with van der Waals surface area (Å²) in [7, 11) is 0. The fourth-order valence-corrected chi connectivity index (χ4v) is 2.09. The molecule has 2 rings (SSSR count). The van der Waals surface area contributed by atoms with E-state index < -0.39 is 5.97 Å². The molecular formula is C9H8BrNO2. The number of carboxylic acid groups (broad SMARTS) is 1. The Hall–Kier alpha value is -1.03. The molecule has 13 heavy (non-hydrogen) atoms. The van der Waals surface area contributed by atoms with Gasteiger partial charge in [0.1, 0.15) is 0 Å². The lowest BCUT2D eigenvalue weighted by atomic mass is 10.1. The Bertz CT molecular complexity index is 376. The fourth-order valence-electron chi connectivity index (χ4n) is 1.58. The van der Waals surface area contributed by atoms with Crippen LogP contribution in [0.1, 0.15) is 15.9 Å². The highest BCUT2D eigenvalue weighted by molar-refractivity contribution is 9.10. The Morgan fingerprint density at radius 1 is 1.54 bits per heavy atom. The number of aromatic carboxylic acids is 1. The van der Waals surface area contributed by atoms with Crippen molar-refractivity contribution in [3.05, 3.63) is 27.7 Å². The van der Waals surface area contributed by atoms with Crippen LogP contribution in [0.3, 0.4) is 0 Å². The molecule has 3 nitrogen and oxygen atoms in total. The van der Waals surface area contributed by atoms with Gasteiger partial charge in [-0.15, -0.1) is 0 Å². The molecule has 0 spiro atoms. The number of halogens is 1. The van der Waals surface area contributed by atoms with Crippen molar-refractivity contribution in [3.63, 3.8) is 0 Å². The molecule has 0 aliphatic carbocycles. The number of benzene rings is 1. The summed E-state index contributed by atoms with van der Waals surface area (Å²) >= 11 is 3.38. The largest absolute Gasteiger partial charge is 0.478 e. The number of rotatable bonds is 1. The van der Waals surface area contributed by atoms with Crippen LogP contribution in [0.25, 0.3) is 0 Å². The van der Waals surface area contributed by atoms with Crippen LogP contribution in [0, 0.1) is 0 Å². The van der Waals surface area contributed by atoms with E-state index in [9.17, 15) is 4.79 Å². The van der Waals surface area contributed by atoms with Gasteiger partial charge in [-0.25, -0.2) is 4.79 Å². The van der Waals surface area contributed by atoms with E-state index in [0.29, 0.717) is 5.56 Å². The highest BCUT2D eigenvalue weighted by Gasteiger charge is 2.20. The summed E-state index contributed by atoms with van der Waals surface area (Å²) in [6.45, 7) is 0.818. The van der Waals surface area contributed by atoms with Crippen LogP contribution in [0.5, 0.6) is 0 Å². The SMILES string of the molecule is O=C(O)c1ccc(Br)c2c1CCN2. The van der Waals surface area contributed by atoms with E-state index in [1.165, 1.54) is 0 Å². The van der Waals surface area contributed by atoms with Gasteiger partial charge in [-0.05, 0) is 40.0 Å². The van der Waals surface area contributed by atoms with Crippen LogP contribution < -0.4 is 5.32 Å². The van der Waals surface area contributed by atoms with Gasteiger partial charge < -0.3 is 10.4 Å². The molecule has 0 saturated carbocycles. The number of hydrogen-bond donors (Lipinski definition) is 2. The van der Waals surface area contributed by atoms with E-state index in [-0.39, 0.29) is 0 Å². The van der Waals surface area contributed by atoms with Crippen LogP contribution in [0.15, 0.2) is 16.6 Å². The Kier molecular flexibility index (Phi) is 2.00. The third-order valence-corrected chi connectivity index (χ3v) is 2.83. The molecule has 0 radical (unpaired) electrons. The summed E-state index contributed by atoms with van der Waals surface area (Å²) < 4.78 is 0.935. The minimum Gasteiger partial charge on any atom is -0.478 e. The Morgan fingerprint density at radius 2 is 2.31 bits per heavy atom. The van der Waals surface area contributed by atoms with Crippen molar-refractivity contribution in [2.24, 2.45) is 0 Å². The summed E-state index contributed by atoms with van der Waals surface area (Å²) in [4.78, 5) is 10.8. The van der Waals surface area contributed by atoms with Gasteiger partial charge >= 0.3 is 5.97 Å². The normalized spacial score (nSPS) is 13.6. The fraction of sp³-hybridized carbons (Fsp3) is 0.222. The predicted octanol–water partition coefficient (Wildman–Crippen LogP) is 2.12. The smallest absolute Gasteiger partial charge is 0.336 e. The molecule has 0 unspecified atom stereocenters. The lowest BCUT2D eigenvalue weighted by molar-refractivity contribution is 0.0696. The van der Waals surface area contributed by atoms with E-state index >= 15 is 0 Å². The van der Waals surface area contributed by atoms with Crippen molar-refractivity contribution in [1.82, 2.24) is 0 Å². The Labute approximate surface area is 83.9 Å². The zero-order chi connectivity index (χ0) is 9.42. The number of carbonyl (C=O) groups is 1. The van der Waals surface area contributed by atoms with Gasteiger partial charge in [0.25, 0.3) is 0 Å². The summed E-state index contributed by atoms with van der Waals surface area (Å²) in [5.41, 5.74) is 2.24. The van der Waals surface area contributed by atoms with Gasteiger partial charge in [-0.2, -0.15) is 0 Å². The lowest BCUT2D eigenvalue weighted by Crippen LogP contribution is -2.00. The molecular weight excluding hydrogens is 234 g/mol. The highest BCUT2D eigenvalue weighted by atomic mass is 79.9. The average Bonchev–Trinajstić information content (AvgIpc) is 2.53. The maximum absolute atomic E-state index is 10.8. The van der Waals surface area contributed by atoms with Crippen molar-refractivity contribution >= 4 is 27.6 Å². The average molecular weight is 242 g/mol. The van der Waals surface area contributed by atoms with Gasteiger partial charge in [0, 0.05) is 11.0 Å². The lowest BCUT2D eigenvalue weighted by Gasteiger charge is -2.05. The number of fused-ring (bicyclic) bond motifs is 1. The second-order valence-electron chi connectivity index (χ2n) is 2.93. The maximum Gasteiger partial charge on any atom is 0.336 e. The number of nitrogens with one attached hydrogen (secondary N) is 1. The van der Waals surface area contributed by atoms with Crippen molar-refractivity contribution in [1.29, 1.82) is 0 Å². The molecule has 1 heterocycles. The Morgan fingerprint density at radius 3 is 3.00 bits per heavy atom. The number of anilines is 1. The minimum absolute atomic E-state index is 0.406. The quantitative estimate of drug-likeness (QED) is 0.792. The predicted molar refractivity (Wildman–Crippen MR) is 53.3 cm³/mol. The number of hydrogen-bond acceptors (Lipinski definition) is 2. The van der Waals surface area contributed by atoms with Gasteiger partial charge in [-0.3, -0.25) is 0 Å². The van der Waals surface area contributed by atoms with E-state index in [2.05, 4.69) is 21.2 Å². The molecule has 4 heteroatoms. The molecule has 0 saturated heterocycles. The zero-order valence-corrected chi connectivity index (χ0v) is 8.39. The van der Waals surface area contributed by atoms with E-state index in [4.69, 9.17) is 5.11 Å². The van der Waals surface area contributed by atoms with Crippen molar-refractivity contribution < 1.29 is 9.90 Å².